The zero-order valence-corrected chi connectivity index (χ0v) is 9.77. The van der Waals surface area contributed by atoms with Crippen LogP contribution >= 0.6 is 0 Å². The van der Waals surface area contributed by atoms with E-state index < -0.39 is 5.97 Å². The quantitative estimate of drug-likeness (QED) is 0.797. The molecule has 88 valence electrons. The molecule has 2 N–H and O–H groups in total. The fraction of sp³-hybridized carbons (Fsp3) is 0.545. The maximum Gasteiger partial charge on any atom is 0.356 e. The molecule has 1 rings (SSSR count). The van der Waals surface area contributed by atoms with Crippen molar-refractivity contribution in [2.24, 2.45) is 11.8 Å². The van der Waals surface area contributed by atoms with Gasteiger partial charge in [0.15, 0.2) is 5.69 Å². The van der Waals surface area contributed by atoms with Gasteiger partial charge in [-0.2, -0.15) is 0 Å². The molecule has 0 radical (unpaired) electrons. The van der Waals surface area contributed by atoms with Crippen LogP contribution in [0.15, 0.2) is 12.1 Å². The van der Waals surface area contributed by atoms with E-state index in [9.17, 15) is 4.79 Å². The lowest BCUT2D eigenvalue weighted by atomic mass is 9.98. The Morgan fingerprint density at radius 3 is 2.50 bits per heavy atom. The highest BCUT2D eigenvalue weighted by Gasteiger charge is 2.08. The molecule has 1 aromatic heterocycles. The predicted octanol–water partition coefficient (Wildman–Crippen LogP) is 1.88. The minimum atomic E-state index is -1.06. The number of aromatic nitrogens is 2. The lowest BCUT2D eigenvalue weighted by Crippen LogP contribution is -2.17. The highest BCUT2D eigenvalue weighted by molar-refractivity contribution is 5.85. The molecule has 0 aliphatic rings. The van der Waals surface area contributed by atoms with Crippen LogP contribution in [0, 0.1) is 11.8 Å². The van der Waals surface area contributed by atoms with Crippen molar-refractivity contribution in [1.82, 2.24) is 10.2 Å². The van der Waals surface area contributed by atoms with Crippen molar-refractivity contribution in [3.63, 3.8) is 0 Å². The van der Waals surface area contributed by atoms with Gasteiger partial charge in [-0.3, -0.25) is 0 Å². The molecule has 0 aliphatic carbocycles. The van der Waals surface area contributed by atoms with Crippen molar-refractivity contribution in [2.75, 3.05) is 11.9 Å². The summed E-state index contributed by atoms with van der Waals surface area (Å²) in [6.45, 7) is 7.27. The van der Waals surface area contributed by atoms with Crippen LogP contribution in [-0.4, -0.2) is 27.8 Å². The van der Waals surface area contributed by atoms with Crippen LogP contribution < -0.4 is 5.32 Å². The average Bonchev–Trinajstić information content (AvgIpc) is 2.26. The Kier molecular flexibility index (Phi) is 4.22. The minimum Gasteiger partial charge on any atom is -0.476 e. The largest absolute Gasteiger partial charge is 0.476 e. The third-order valence-corrected chi connectivity index (χ3v) is 2.63. The number of nitrogens with one attached hydrogen (secondary N) is 1. The van der Waals surface area contributed by atoms with Gasteiger partial charge in [-0.25, -0.2) is 4.79 Å². The third kappa shape index (κ3) is 3.49. The number of hydrogen-bond acceptors (Lipinski definition) is 4. The van der Waals surface area contributed by atoms with E-state index in [4.69, 9.17) is 5.11 Å². The molecule has 0 aliphatic heterocycles. The van der Waals surface area contributed by atoms with Gasteiger partial charge in [0.1, 0.15) is 5.82 Å². The van der Waals surface area contributed by atoms with Crippen LogP contribution in [0.4, 0.5) is 5.82 Å². The summed E-state index contributed by atoms with van der Waals surface area (Å²) in [6, 6.07) is 3.07. The highest BCUT2D eigenvalue weighted by atomic mass is 16.4. The van der Waals surface area contributed by atoms with Crippen molar-refractivity contribution >= 4 is 11.8 Å². The Bertz CT molecular complexity index is 349. The molecule has 1 unspecified atom stereocenters. The van der Waals surface area contributed by atoms with Gasteiger partial charge in [0.05, 0.1) is 0 Å². The Hall–Kier alpha value is -1.65. The molecule has 1 aromatic rings. The summed E-state index contributed by atoms with van der Waals surface area (Å²) in [4.78, 5) is 10.5. The van der Waals surface area contributed by atoms with Gasteiger partial charge in [0.2, 0.25) is 0 Å². The first-order valence-electron chi connectivity index (χ1n) is 5.31. The molecule has 0 aromatic carbocycles. The number of rotatable bonds is 5. The van der Waals surface area contributed by atoms with Crippen molar-refractivity contribution in [3.05, 3.63) is 17.8 Å². The molecule has 0 amide bonds. The summed E-state index contributed by atoms with van der Waals surface area (Å²) >= 11 is 0. The number of hydrogen-bond donors (Lipinski definition) is 2. The molecule has 5 nitrogen and oxygen atoms in total. The van der Waals surface area contributed by atoms with E-state index in [-0.39, 0.29) is 5.69 Å². The first-order chi connectivity index (χ1) is 7.50. The van der Waals surface area contributed by atoms with E-state index in [1.54, 1.807) is 6.07 Å². The zero-order chi connectivity index (χ0) is 12.1. The van der Waals surface area contributed by atoms with E-state index in [2.05, 4.69) is 36.3 Å². The van der Waals surface area contributed by atoms with Gasteiger partial charge in [-0.15, -0.1) is 10.2 Å². The smallest absolute Gasteiger partial charge is 0.356 e. The molecular formula is C11H17N3O2. The van der Waals surface area contributed by atoms with Gasteiger partial charge >= 0.3 is 5.97 Å². The fourth-order valence-corrected chi connectivity index (χ4v) is 1.04. The standard InChI is InChI=1S/C11H17N3O2/c1-7(2)8(3)6-12-10-5-4-9(11(15)16)13-14-10/h4-5,7-8H,6H2,1-3H3,(H,12,14)(H,15,16). The molecule has 0 saturated carbocycles. The number of carbonyl (C=O) groups is 1. The molecule has 0 bridgehead atoms. The van der Waals surface area contributed by atoms with Gasteiger partial charge in [-0.05, 0) is 24.0 Å². The molecule has 1 heterocycles. The minimum absolute atomic E-state index is 0.0394. The van der Waals surface area contributed by atoms with Gasteiger partial charge in [0, 0.05) is 6.54 Å². The van der Waals surface area contributed by atoms with E-state index in [0.29, 0.717) is 17.7 Å². The lowest BCUT2D eigenvalue weighted by Gasteiger charge is -2.15. The third-order valence-electron chi connectivity index (χ3n) is 2.63. The van der Waals surface area contributed by atoms with Gasteiger partial charge < -0.3 is 10.4 Å². The molecule has 0 spiro atoms. The second-order valence-corrected chi connectivity index (χ2v) is 4.21. The molecule has 1 atom stereocenters. The second kappa shape index (κ2) is 5.44. The zero-order valence-electron chi connectivity index (χ0n) is 9.77. The van der Waals surface area contributed by atoms with Crippen LogP contribution in [0.5, 0.6) is 0 Å². The molecule has 5 heteroatoms. The normalized spacial score (nSPS) is 12.5. The first-order valence-corrected chi connectivity index (χ1v) is 5.31. The van der Waals surface area contributed by atoms with Crippen molar-refractivity contribution in [3.8, 4) is 0 Å². The Morgan fingerprint density at radius 2 is 2.06 bits per heavy atom. The number of carboxylic acids is 1. The summed E-state index contributed by atoms with van der Waals surface area (Å²) in [7, 11) is 0. The monoisotopic (exact) mass is 223 g/mol. The maximum atomic E-state index is 10.5. The van der Waals surface area contributed by atoms with Crippen molar-refractivity contribution in [2.45, 2.75) is 20.8 Å². The van der Waals surface area contributed by atoms with Gasteiger partial charge in [0.25, 0.3) is 0 Å². The Morgan fingerprint density at radius 1 is 1.38 bits per heavy atom. The SMILES string of the molecule is CC(C)C(C)CNc1ccc(C(=O)O)nn1. The fourth-order valence-electron chi connectivity index (χ4n) is 1.04. The number of carboxylic acid groups (broad SMARTS) is 1. The Balaban J connectivity index is 2.53. The molecular weight excluding hydrogens is 206 g/mol. The summed E-state index contributed by atoms with van der Waals surface area (Å²) in [5.74, 6) is 0.673. The number of aromatic carboxylic acids is 1. The summed E-state index contributed by atoms with van der Waals surface area (Å²) in [6.07, 6.45) is 0. The van der Waals surface area contributed by atoms with Crippen molar-refractivity contribution < 1.29 is 9.90 Å². The number of anilines is 1. The molecule has 0 saturated heterocycles. The lowest BCUT2D eigenvalue weighted by molar-refractivity contribution is 0.0689. The number of nitrogens with zero attached hydrogens (tertiary/aromatic N) is 2. The van der Waals surface area contributed by atoms with Gasteiger partial charge in [-0.1, -0.05) is 20.8 Å². The predicted molar refractivity (Wildman–Crippen MR) is 61.5 cm³/mol. The summed E-state index contributed by atoms with van der Waals surface area (Å²) in [5, 5.41) is 19.1. The van der Waals surface area contributed by atoms with Crippen LogP contribution in [0.2, 0.25) is 0 Å². The molecule has 16 heavy (non-hydrogen) atoms. The van der Waals surface area contributed by atoms with Crippen LogP contribution in [0.1, 0.15) is 31.3 Å². The highest BCUT2D eigenvalue weighted by Crippen LogP contribution is 2.10. The topological polar surface area (TPSA) is 75.1 Å². The molecule has 0 fully saturated rings. The van der Waals surface area contributed by atoms with E-state index in [1.807, 2.05) is 0 Å². The second-order valence-electron chi connectivity index (χ2n) is 4.21. The maximum absolute atomic E-state index is 10.5. The van der Waals surface area contributed by atoms with Crippen LogP contribution in [0.25, 0.3) is 0 Å². The van der Waals surface area contributed by atoms with E-state index in [1.165, 1.54) is 6.07 Å². The van der Waals surface area contributed by atoms with E-state index in [0.717, 1.165) is 6.54 Å². The Labute approximate surface area is 94.9 Å². The van der Waals surface area contributed by atoms with E-state index >= 15 is 0 Å². The first kappa shape index (κ1) is 12.4. The summed E-state index contributed by atoms with van der Waals surface area (Å²) < 4.78 is 0. The van der Waals surface area contributed by atoms with Crippen LogP contribution in [0.3, 0.4) is 0 Å². The van der Waals surface area contributed by atoms with Crippen LogP contribution in [-0.2, 0) is 0 Å². The summed E-state index contributed by atoms with van der Waals surface area (Å²) in [5.41, 5.74) is -0.0394. The van der Waals surface area contributed by atoms with Crippen molar-refractivity contribution in [1.29, 1.82) is 0 Å². The average molecular weight is 223 g/mol.